The van der Waals surface area contributed by atoms with Crippen LogP contribution >= 0.6 is 0 Å². The lowest BCUT2D eigenvalue weighted by Crippen LogP contribution is -2.50. The van der Waals surface area contributed by atoms with Crippen molar-refractivity contribution in [3.63, 3.8) is 0 Å². The van der Waals surface area contributed by atoms with Crippen molar-refractivity contribution in [1.82, 2.24) is 4.98 Å². The first-order valence-electron chi connectivity index (χ1n) is 11.3. The van der Waals surface area contributed by atoms with Gasteiger partial charge in [0.15, 0.2) is 11.5 Å². The molecular weight excluding hydrogens is 448 g/mol. The number of aromatic nitrogens is 1. The summed E-state index contributed by atoms with van der Waals surface area (Å²) < 4.78 is 22.2. The van der Waals surface area contributed by atoms with Gasteiger partial charge in [-0.3, -0.25) is 10.1 Å². The van der Waals surface area contributed by atoms with E-state index < -0.39 is 29.3 Å². The summed E-state index contributed by atoms with van der Waals surface area (Å²) in [6.07, 6.45) is 0.865. The molecule has 1 unspecified atom stereocenters. The highest BCUT2D eigenvalue weighted by Crippen LogP contribution is 2.38. The van der Waals surface area contributed by atoms with E-state index in [2.05, 4.69) is 4.98 Å². The number of hydrogen-bond donors (Lipinski definition) is 3. The lowest BCUT2D eigenvalue weighted by molar-refractivity contribution is -0.401. The van der Waals surface area contributed by atoms with Crippen LogP contribution in [0.4, 0.5) is 5.88 Å². The maximum atomic E-state index is 10.8. The first-order valence-corrected chi connectivity index (χ1v) is 11.3. The van der Waals surface area contributed by atoms with E-state index in [1.165, 1.54) is 18.3 Å². The average molecular weight is 478 g/mol. The second-order valence-electron chi connectivity index (χ2n) is 9.24. The fourth-order valence-corrected chi connectivity index (χ4v) is 4.33. The predicted octanol–water partition coefficient (Wildman–Crippen LogP) is 2.55. The third-order valence-corrected chi connectivity index (χ3v) is 6.61. The van der Waals surface area contributed by atoms with Gasteiger partial charge >= 0.3 is 5.88 Å². The normalized spacial score (nSPS) is 31.3. The Morgan fingerprint density at radius 1 is 1.24 bits per heavy atom. The first-order chi connectivity index (χ1) is 16.1. The summed E-state index contributed by atoms with van der Waals surface area (Å²) in [4.78, 5) is 14.3. The minimum absolute atomic E-state index is 0.00994. The van der Waals surface area contributed by atoms with Gasteiger partial charge in [0.2, 0.25) is 5.89 Å². The Morgan fingerprint density at radius 3 is 2.68 bits per heavy atom. The zero-order chi connectivity index (χ0) is 24.6. The van der Waals surface area contributed by atoms with Gasteiger partial charge in [0, 0.05) is 11.8 Å². The molecular formula is C23H30N2O9. The second kappa shape index (κ2) is 9.96. The molecule has 0 spiro atoms. The van der Waals surface area contributed by atoms with Crippen LogP contribution in [-0.4, -0.2) is 68.5 Å². The molecule has 11 nitrogen and oxygen atoms in total. The number of aliphatic hydroxyl groups excluding tert-OH is 3. The predicted molar refractivity (Wildman–Crippen MR) is 118 cm³/mol. The molecule has 11 heteroatoms. The van der Waals surface area contributed by atoms with Crippen molar-refractivity contribution in [3.8, 4) is 11.5 Å². The molecule has 34 heavy (non-hydrogen) atoms. The van der Waals surface area contributed by atoms with Gasteiger partial charge in [-0.1, -0.05) is 12.5 Å². The van der Waals surface area contributed by atoms with Gasteiger partial charge in [0.05, 0.1) is 49.4 Å². The molecule has 3 N–H and O–H groups in total. The van der Waals surface area contributed by atoms with Crippen LogP contribution in [0.5, 0.6) is 0 Å². The maximum absolute atomic E-state index is 10.8. The number of furan rings is 1. The number of rotatable bonds is 9. The second-order valence-corrected chi connectivity index (χ2v) is 9.24. The van der Waals surface area contributed by atoms with Crippen molar-refractivity contribution in [3.05, 3.63) is 39.9 Å². The minimum Gasteiger partial charge on any atom is -0.433 e. The summed E-state index contributed by atoms with van der Waals surface area (Å²) in [7, 11) is 0. The Morgan fingerprint density at radius 2 is 2.00 bits per heavy atom. The third-order valence-electron chi connectivity index (χ3n) is 6.61. The smallest absolute Gasteiger partial charge is 0.433 e. The Bertz CT molecular complexity index is 1030. The Balaban J connectivity index is 1.31. The molecule has 2 aromatic heterocycles. The Kier molecular flexibility index (Phi) is 7.20. The monoisotopic (exact) mass is 478 g/mol. The standard InChI is InChI=1S/C23H30N2O9/c1-11(7-19-24-9-18(32-19)15-4-5-20(33-15)25(29)30)6-16-22(28)21(27)14(10-31-16)8-17-23(34-17)12(2)13(3)26/h4-5,7,9,12-14,16-17,21-23,26-28H,6,8,10H2,1-3H3/b11-7+/t12-,13-,14-,16-,17-,21+,22-,23?/m0/s1. The number of nitrogens with zero attached hydrogens (tertiary/aromatic N) is 2. The molecule has 0 saturated carbocycles. The fourth-order valence-electron chi connectivity index (χ4n) is 4.33. The molecule has 4 heterocycles. The fraction of sp³-hybridized carbons (Fsp3) is 0.609. The number of ether oxygens (including phenoxy) is 2. The topological polar surface area (TPSA) is 165 Å². The number of aliphatic hydroxyl groups is 3. The van der Waals surface area contributed by atoms with Crippen LogP contribution in [-0.2, 0) is 9.47 Å². The number of hydrogen-bond acceptors (Lipinski definition) is 10. The highest BCUT2D eigenvalue weighted by atomic mass is 16.6. The molecule has 0 bridgehead atoms. The van der Waals surface area contributed by atoms with Crippen molar-refractivity contribution in [2.45, 2.75) is 70.2 Å². The van der Waals surface area contributed by atoms with Crippen molar-refractivity contribution in [2.24, 2.45) is 11.8 Å². The minimum atomic E-state index is -1.06. The molecule has 2 aliphatic heterocycles. The first kappa shape index (κ1) is 24.6. The molecule has 0 radical (unpaired) electrons. The molecule has 2 saturated heterocycles. The van der Waals surface area contributed by atoms with Crippen LogP contribution in [0, 0.1) is 22.0 Å². The molecule has 0 amide bonds. The average Bonchev–Trinajstić information content (AvgIpc) is 3.15. The van der Waals surface area contributed by atoms with Crippen molar-refractivity contribution >= 4 is 12.0 Å². The molecule has 2 fully saturated rings. The molecule has 0 aliphatic carbocycles. The summed E-state index contributed by atoms with van der Waals surface area (Å²) >= 11 is 0. The van der Waals surface area contributed by atoms with Crippen LogP contribution in [0.1, 0.15) is 39.5 Å². The number of nitro groups is 1. The summed E-state index contributed by atoms with van der Waals surface area (Å²) in [5.41, 5.74) is 0.810. The van der Waals surface area contributed by atoms with Crippen molar-refractivity contribution < 1.29 is 38.6 Å². The van der Waals surface area contributed by atoms with Crippen molar-refractivity contribution in [1.29, 1.82) is 0 Å². The summed E-state index contributed by atoms with van der Waals surface area (Å²) in [5, 5.41) is 41.8. The van der Waals surface area contributed by atoms with Crippen LogP contribution in [0.2, 0.25) is 0 Å². The SMILES string of the molecule is C/C(=C\c1ncc(-c2ccc([N+](=O)[O-])o2)o1)C[C@@H]1OC[C@H](C[C@@H]2OC2[C@@H](C)[C@H](C)O)[C@@H](O)[C@H]1O. The summed E-state index contributed by atoms with van der Waals surface area (Å²) in [6.45, 7) is 5.79. The molecule has 8 atom stereocenters. The quantitative estimate of drug-likeness (QED) is 0.277. The molecule has 2 aromatic rings. The van der Waals surface area contributed by atoms with Gasteiger partial charge in [0.25, 0.3) is 0 Å². The summed E-state index contributed by atoms with van der Waals surface area (Å²) in [5.74, 6) is 0.0982. The van der Waals surface area contributed by atoms with E-state index in [0.717, 1.165) is 5.57 Å². The van der Waals surface area contributed by atoms with Crippen LogP contribution in [0.25, 0.3) is 17.6 Å². The zero-order valence-electron chi connectivity index (χ0n) is 19.2. The lowest BCUT2D eigenvalue weighted by atomic mass is 9.85. The van der Waals surface area contributed by atoms with E-state index in [9.17, 15) is 25.4 Å². The summed E-state index contributed by atoms with van der Waals surface area (Å²) in [6, 6.07) is 2.67. The molecule has 4 rings (SSSR count). The highest BCUT2D eigenvalue weighted by molar-refractivity contribution is 5.53. The number of epoxide rings is 1. The number of oxazole rings is 1. The highest BCUT2D eigenvalue weighted by Gasteiger charge is 2.48. The Labute approximate surface area is 196 Å². The van der Waals surface area contributed by atoms with Gasteiger partial charge < -0.3 is 33.6 Å². The van der Waals surface area contributed by atoms with E-state index in [4.69, 9.17) is 18.3 Å². The van der Waals surface area contributed by atoms with Crippen LogP contribution < -0.4 is 0 Å². The molecule has 2 aliphatic rings. The van der Waals surface area contributed by atoms with Gasteiger partial charge in [-0.15, -0.1) is 0 Å². The third kappa shape index (κ3) is 5.39. The largest absolute Gasteiger partial charge is 0.433 e. The maximum Gasteiger partial charge on any atom is 0.433 e. The van der Waals surface area contributed by atoms with Gasteiger partial charge in [0.1, 0.15) is 11.0 Å². The van der Waals surface area contributed by atoms with E-state index in [1.54, 1.807) is 13.0 Å². The van der Waals surface area contributed by atoms with Gasteiger partial charge in [-0.05, 0) is 38.8 Å². The van der Waals surface area contributed by atoms with E-state index in [0.29, 0.717) is 19.4 Å². The van der Waals surface area contributed by atoms with E-state index in [1.807, 2.05) is 13.8 Å². The lowest BCUT2D eigenvalue weighted by Gasteiger charge is -2.38. The molecule has 186 valence electrons. The zero-order valence-corrected chi connectivity index (χ0v) is 19.2. The molecule has 0 aromatic carbocycles. The van der Waals surface area contributed by atoms with Crippen LogP contribution in [0.15, 0.2) is 32.7 Å². The van der Waals surface area contributed by atoms with Gasteiger partial charge in [-0.25, -0.2) is 4.98 Å². The van der Waals surface area contributed by atoms with Crippen molar-refractivity contribution in [2.75, 3.05) is 6.61 Å². The van der Waals surface area contributed by atoms with Crippen LogP contribution in [0.3, 0.4) is 0 Å². The Hall–Kier alpha value is -2.57. The van der Waals surface area contributed by atoms with Gasteiger partial charge in [-0.2, -0.15) is 0 Å². The van der Waals surface area contributed by atoms with E-state index >= 15 is 0 Å². The van der Waals surface area contributed by atoms with E-state index in [-0.39, 0.29) is 47.3 Å².